The minimum absolute atomic E-state index is 0.0487. The Morgan fingerprint density at radius 3 is 2.48 bits per heavy atom. The van der Waals surface area contributed by atoms with E-state index < -0.39 is 0 Å². The lowest BCUT2D eigenvalue weighted by molar-refractivity contribution is -0.120. The largest absolute Gasteiger partial charge is 0.493 e. The number of piperidine rings is 1. The van der Waals surface area contributed by atoms with Gasteiger partial charge in [0.05, 0.1) is 20.6 Å². The van der Waals surface area contributed by atoms with Crippen molar-refractivity contribution in [2.45, 2.75) is 33.1 Å². The Labute approximate surface area is 151 Å². The van der Waals surface area contributed by atoms with Gasteiger partial charge in [-0.15, -0.1) is 0 Å². The molecule has 1 aromatic rings. The van der Waals surface area contributed by atoms with E-state index in [4.69, 9.17) is 9.47 Å². The Bertz CT molecular complexity index is 552. The van der Waals surface area contributed by atoms with E-state index in [1.54, 1.807) is 14.2 Å². The van der Waals surface area contributed by atoms with E-state index in [2.05, 4.69) is 24.1 Å². The van der Waals surface area contributed by atoms with Crippen molar-refractivity contribution in [1.29, 1.82) is 0 Å². The SMILES string of the molecule is COc1ccc(CC(=O)NCCCN2CC(C)CC(C)C2)cc1OC. The fraction of sp³-hybridized carbons (Fsp3) is 0.650. The summed E-state index contributed by atoms with van der Waals surface area (Å²) >= 11 is 0. The first-order valence-electron chi connectivity index (χ1n) is 9.21. The maximum absolute atomic E-state index is 12.1. The molecule has 1 heterocycles. The van der Waals surface area contributed by atoms with Crippen LogP contribution in [-0.2, 0) is 11.2 Å². The fourth-order valence-electron chi connectivity index (χ4n) is 3.74. The molecular weight excluding hydrogens is 316 g/mol. The van der Waals surface area contributed by atoms with E-state index in [-0.39, 0.29) is 5.91 Å². The molecule has 0 aromatic heterocycles. The number of carbonyl (C=O) groups is 1. The highest BCUT2D eigenvalue weighted by Gasteiger charge is 2.21. The van der Waals surface area contributed by atoms with Gasteiger partial charge in [-0.05, 0) is 48.9 Å². The first-order valence-corrected chi connectivity index (χ1v) is 9.21. The lowest BCUT2D eigenvalue weighted by atomic mass is 9.92. The lowest BCUT2D eigenvalue weighted by Crippen LogP contribution is -2.40. The summed E-state index contributed by atoms with van der Waals surface area (Å²) in [5.74, 6) is 2.94. The quantitative estimate of drug-likeness (QED) is 0.734. The molecule has 1 aliphatic heterocycles. The Morgan fingerprint density at radius 2 is 1.84 bits per heavy atom. The monoisotopic (exact) mass is 348 g/mol. The van der Waals surface area contributed by atoms with Gasteiger partial charge in [-0.3, -0.25) is 4.79 Å². The van der Waals surface area contributed by atoms with E-state index in [1.807, 2.05) is 18.2 Å². The minimum atomic E-state index is 0.0487. The van der Waals surface area contributed by atoms with Crippen molar-refractivity contribution in [3.63, 3.8) is 0 Å². The summed E-state index contributed by atoms with van der Waals surface area (Å²) in [6.07, 6.45) is 2.69. The van der Waals surface area contributed by atoms with Crippen molar-refractivity contribution in [2.75, 3.05) is 40.4 Å². The number of benzene rings is 1. The average Bonchev–Trinajstić information content (AvgIpc) is 2.57. The molecule has 1 aromatic carbocycles. The number of likely N-dealkylation sites (tertiary alicyclic amines) is 1. The summed E-state index contributed by atoms with van der Waals surface area (Å²) in [6.45, 7) is 8.81. The first kappa shape index (κ1) is 19.6. The van der Waals surface area contributed by atoms with Gasteiger partial charge in [0, 0.05) is 19.6 Å². The minimum Gasteiger partial charge on any atom is -0.493 e. The highest BCUT2D eigenvalue weighted by molar-refractivity contribution is 5.78. The molecular formula is C20H32N2O3. The second-order valence-corrected chi connectivity index (χ2v) is 7.28. The van der Waals surface area contributed by atoms with Crippen molar-refractivity contribution in [3.8, 4) is 11.5 Å². The molecule has 0 aliphatic carbocycles. The van der Waals surface area contributed by atoms with Gasteiger partial charge < -0.3 is 19.7 Å². The van der Waals surface area contributed by atoms with Crippen LogP contribution in [0.4, 0.5) is 0 Å². The molecule has 2 rings (SSSR count). The van der Waals surface area contributed by atoms with Gasteiger partial charge in [-0.2, -0.15) is 0 Å². The number of carbonyl (C=O) groups excluding carboxylic acids is 1. The van der Waals surface area contributed by atoms with Crippen LogP contribution < -0.4 is 14.8 Å². The molecule has 1 amide bonds. The summed E-state index contributed by atoms with van der Waals surface area (Å²) < 4.78 is 10.5. The summed E-state index contributed by atoms with van der Waals surface area (Å²) in [4.78, 5) is 14.7. The van der Waals surface area contributed by atoms with Crippen molar-refractivity contribution < 1.29 is 14.3 Å². The van der Waals surface area contributed by atoms with Crippen LogP contribution in [0.25, 0.3) is 0 Å². The molecule has 2 unspecified atom stereocenters. The Kier molecular flexibility index (Phi) is 7.56. The molecule has 1 N–H and O–H groups in total. The molecule has 140 valence electrons. The second kappa shape index (κ2) is 9.66. The molecule has 0 bridgehead atoms. The van der Waals surface area contributed by atoms with Gasteiger partial charge in [-0.1, -0.05) is 19.9 Å². The maximum atomic E-state index is 12.1. The lowest BCUT2D eigenvalue weighted by Gasteiger charge is -2.34. The van der Waals surface area contributed by atoms with E-state index in [1.165, 1.54) is 19.5 Å². The fourth-order valence-corrected chi connectivity index (χ4v) is 3.74. The molecule has 0 spiro atoms. The third-order valence-corrected chi connectivity index (χ3v) is 4.73. The molecule has 1 fully saturated rings. The number of nitrogens with one attached hydrogen (secondary N) is 1. The Balaban J connectivity index is 1.70. The molecule has 5 nitrogen and oxygen atoms in total. The van der Waals surface area contributed by atoms with Gasteiger partial charge >= 0.3 is 0 Å². The smallest absolute Gasteiger partial charge is 0.224 e. The van der Waals surface area contributed by atoms with E-state index in [9.17, 15) is 4.79 Å². The number of hydrogen-bond acceptors (Lipinski definition) is 4. The zero-order chi connectivity index (χ0) is 18.2. The number of methoxy groups -OCH3 is 2. The standard InChI is InChI=1S/C20H32N2O3/c1-15-10-16(2)14-22(13-15)9-5-8-21-20(23)12-17-6-7-18(24-3)19(11-17)25-4/h6-7,11,15-16H,5,8-10,12-14H2,1-4H3,(H,21,23). The average molecular weight is 348 g/mol. The van der Waals surface area contributed by atoms with Gasteiger partial charge in [-0.25, -0.2) is 0 Å². The predicted molar refractivity (Wildman–Crippen MR) is 100 cm³/mol. The van der Waals surface area contributed by atoms with Crippen LogP contribution in [0, 0.1) is 11.8 Å². The molecule has 0 radical (unpaired) electrons. The summed E-state index contributed by atoms with van der Waals surface area (Å²) in [6, 6.07) is 5.59. The van der Waals surface area contributed by atoms with Crippen molar-refractivity contribution in [1.82, 2.24) is 10.2 Å². The molecule has 25 heavy (non-hydrogen) atoms. The molecule has 0 saturated carbocycles. The normalized spacial score (nSPS) is 21.0. The van der Waals surface area contributed by atoms with Crippen LogP contribution in [0.15, 0.2) is 18.2 Å². The van der Waals surface area contributed by atoms with Crippen LogP contribution in [0.1, 0.15) is 32.3 Å². The summed E-state index contributed by atoms with van der Waals surface area (Å²) in [5.41, 5.74) is 0.925. The zero-order valence-corrected chi connectivity index (χ0v) is 16.0. The van der Waals surface area contributed by atoms with Crippen LogP contribution in [0.3, 0.4) is 0 Å². The van der Waals surface area contributed by atoms with Gasteiger partial charge in [0.15, 0.2) is 11.5 Å². The number of ether oxygens (including phenoxy) is 2. The van der Waals surface area contributed by atoms with Gasteiger partial charge in [0.2, 0.25) is 5.91 Å². The van der Waals surface area contributed by atoms with Crippen LogP contribution in [0.5, 0.6) is 11.5 Å². The second-order valence-electron chi connectivity index (χ2n) is 7.28. The van der Waals surface area contributed by atoms with Crippen molar-refractivity contribution >= 4 is 5.91 Å². The maximum Gasteiger partial charge on any atom is 0.224 e. The molecule has 2 atom stereocenters. The number of rotatable bonds is 8. The predicted octanol–water partition coefficient (Wildman–Crippen LogP) is 2.73. The molecule has 5 heteroatoms. The third-order valence-electron chi connectivity index (χ3n) is 4.73. The van der Waals surface area contributed by atoms with Crippen molar-refractivity contribution in [2.24, 2.45) is 11.8 Å². The van der Waals surface area contributed by atoms with Crippen LogP contribution in [-0.4, -0.2) is 51.2 Å². The Morgan fingerprint density at radius 1 is 1.16 bits per heavy atom. The Hall–Kier alpha value is -1.75. The van der Waals surface area contributed by atoms with Crippen molar-refractivity contribution in [3.05, 3.63) is 23.8 Å². The highest BCUT2D eigenvalue weighted by atomic mass is 16.5. The summed E-state index contributed by atoms with van der Waals surface area (Å²) in [7, 11) is 3.21. The van der Waals surface area contributed by atoms with Gasteiger partial charge in [0.25, 0.3) is 0 Å². The zero-order valence-electron chi connectivity index (χ0n) is 16.0. The van der Waals surface area contributed by atoms with E-state index in [0.29, 0.717) is 17.9 Å². The summed E-state index contributed by atoms with van der Waals surface area (Å²) in [5, 5.41) is 3.02. The van der Waals surface area contributed by atoms with E-state index in [0.717, 1.165) is 36.9 Å². The number of hydrogen-bond donors (Lipinski definition) is 1. The topological polar surface area (TPSA) is 50.8 Å². The number of amides is 1. The molecule has 1 aliphatic rings. The van der Waals surface area contributed by atoms with E-state index >= 15 is 0 Å². The highest BCUT2D eigenvalue weighted by Crippen LogP contribution is 2.27. The third kappa shape index (κ3) is 6.24. The molecule has 1 saturated heterocycles. The number of nitrogens with zero attached hydrogens (tertiary/aromatic N) is 1. The van der Waals surface area contributed by atoms with Gasteiger partial charge in [0.1, 0.15) is 0 Å². The van der Waals surface area contributed by atoms with Crippen LogP contribution >= 0.6 is 0 Å². The van der Waals surface area contributed by atoms with Crippen LogP contribution in [0.2, 0.25) is 0 Å². The first-order chi connectivity index (χ1) is 12.0.